The minimum absolute atomic E-state index is 0.0566. The Hall–Kier alpha value is -3.37. The Balaban J connectivity index is 1.76. The van der Waals surface area contributed by atoms with Crippen LogP contribution in [0.25, 0.3) is 0 Å². The Labute approximate surface area is 164 Å². The van der Waals surface area contributed by atoms with Crippen molar-refractivity contribution in [2.45, 2.75) is 11.9 Å². The normalized spacial score (nSPS) is 10.6. The molecule has 0 saturated heterocycles. The third-order valence-corrected chi connectivity index (χ3v) is 5.98. The fourth-order valence-electron chi connectivity index (χ4n) is 2.40. The first kappa shape index (κ1) is 19.4. The van der Waals surface area contributed by atoms with Crippen molar-refractivity contribution in [3.63, 3.8) is 0 Å². The third-order valence-electron chi connectivity index (χ3n) is 3.82. The molecule has 0 unspecified atom stereocenters. The topological polar surface area (TPSA) is 139 Å². The van der Waals surface area contributed by atoms with Gasteiger partial charge in [-0.05, 0) is 0 Å². The van der Waals surface area contributed by atoms with Gasteiger partial charge in [0.25, 0.3) is 0 Å². The van der Waals surface area contributed by atoms with E-state index in [-0.39, 0.29) is 32.9 Å². The minimum atomic E-state index is -0.669. The number of nitro groups is 2. The van der Waals surface area contributed by atoms with E-state index in [0.717, 1.165) is 22.7 Å². The Bertz CT molecular complexity index is 1010. The van der Waals surface area contributed by atoms with Gasteiger partial charge in [-0.3, -0.25) is 0 Å². The van der Waals surface area contributed by atoms with E-state index in [9.17, 15) is 20.2 Å². The van der Waals surface area contributed by atoms with Crippen LogP contribution in [0.1, 0.15) is 11.1 Å². The van der Waals surface area contributed by atoms with E-state index < -0.39 is 9.85 Å². The zero-order chi connectivity index (χ0) is 20.1. The summed E-state index contributed by atoms with van der Waals surface area (Å²) in [6.07, 6.45) is 0. The molecule has 12 heteroatoms. The van der Waals surface area contributed by atoms with Crippen molar-refractivity contribution >= 4 is 31.1 Å². The quantitative estimate of drug-likeness (QED) is 0.283. The molecule has 1 aromatic heterocycles. The van der Waals surface area contributed by atoms with E-state index in [2.05, 4.69) is 15.5 Å². The number of methoxy groups -OCH3 is 1. The summed E-state index contributed by atoms with van der Waals surface area (Å²) >= 11 is -0.104. The van der Waals surface area contributed by atoms with Gasteiger partial charge in [0.2, 0.25) is 0 Å². The first-order chi connectivity index (χ1) is 13.5. The molecule has 2 aromatic carbocycles. The van der Waals surface area contributed by atoms with E-state index >= 15 is 0 Å². The number of tetrazole rings is 1. The van der Waals surface area contributed by atoms with E-state index in [4.69, 9.17) is 4.74 Å². The molecule has 0 bridgehead atoms. The summed E-state index contributed by atoms with van der Waals surface area (Å²) in [5.41, 5.74) is 0.718. The Morgan fingerprint density at radius 3 is 2.50 bits per heavy atom. The Morgan fingerprint density at radius 2 is 1.86 bits per heavy atom. The van der Waals surface area contributed by atoms with Gasteiger partial charge in [0.15, 0.2) is 0 Å². The predicted molar refractivity (Wildman–Crippen MR) is 98.8 cm³/mol. The number of hydrogen-bond donors (Lipinski definition) is 0. The molecule has 0 saturated carbocycles. The molecular weight excluding hydrogens is 435 g/mol. The summed E-state index contributed by atoms with van der Waals surface area (Å²) in [4.78, 5) is 20.8. The molecule has 3 rings (SSSR count). The van der Waals surface area contributed by atoms with Gasteiger partial charge in [-0.1, -0.05) is 0 Å². The molecule has 0 spiro atoms. The number of nitro benzene ring substituents is 2. The molecule has 0 aliphatic heterocycles. The van der Waals surface area contributed by atoms with Crippen LogP contribution in [0.5, 0.6) is 5.75 Å². The van der Waals surface area contributed by atoms with Crippen molar-refractivity contribution in [2.75, 3.05) is 7.11 Å². The Kier molecular flexibility index (Phi) is 5.92. The monoisotopic (exact) mass is 450 g/mol. The van der Waals surface area contributed by atoms with E-state index in [1.807, 2.05) is 24.3 Å². The second-order valence-corrected chi connectivity index (χ2v) is 7.56. The standard InChI is InChI=1S/C16H14N6O5Se/c1-27-14-6-2-11(3-7-14)10-28-16-17-18-19-20(16)9-12-4-5-13(21(23)24)8-15(12)22(25)26/h2-8H,9-10H2,1H3. The van der Waals surface area contributed by atoms with Gasteiger partial charge in [0.1, 0.15) is 0 Å². The van der Waals surface area contributed by atoms with Crippen LogP contribution in [0.15, 0.2) is 42.5 Å². The van der Waals surface area contributed by atoms with Crippen LogP contribution >= 0.6 is 0 Å². The van der Waals surface area contributed by atoms with Crippen molar-refractivity contribution in [1.29, 1.82) is 0 Å². The van der Waals surface area contributed by atoms with Gasteiger partial charge in [0, 0.05) is 0 Å². The van der Waals surface area contributed by atoms with Crippen molar-refractivity contribution < 1.29 is 14.6 Å². The number of aromatic nitrogens is 4. The predicted octanol–water partition coefficient (Wildman–Crippen LogP) is 1.08. The zero-order valence-corrected chi connectivity index (χ0v) is 16.3. The van der Waals surface area contributed by atoms with Crippen LogP contribution in [0.2, 0.25) is 0 Å². The summed E-state index contributed by atoms with van der Waals surface area (Å²) in [7, 11) is 1.60. The van der Waals surface area contributed by atoms with Gasteiger partial charge < -0.3 is 0 Å². The van der Waals surface area contributed by atoms with Crippen LogP contribution in [-0.4, -0.2) is 52.1 Å². The maximum absolute atomic E-state index is 11.3. The molecule has 28 heavy (non-hydrogen) atoms. The average Bonchev–Trinajstić information content (AvgIpc) is 3.13. The molecule has 144 valence electrons. The number of benzene rings is 2. The van der Waals surface area contributed by atoms with E-state index in [0.29, 0.717) is 10.3 Å². The molecule has 0 N–H and O–H groups in total. The zero-order valence-electron chi connectivity index (χ0n) is 14.6. The first-order valence-corrected chi connectivity index (χ1v) is 9.98. The van der Waals surface area contributed by atoms with Gasteiger partial charge >= 0.3 is 164 Å². The van der Waals surface area contributed by atoms with E-state index in [1.54, 1.807) is 7.11 Å². The van der Waals surface area contributed by atoms with Crippen LogP contribution in [0, 0.1) is 20.2 Å². The van der Waals surface area contributed by atoms with Crippen LogP contribution in [0.3, 0.4) is 0 Å². The van der Waals surface area contributed by atoms with Crippen molar-refractivity contribution in [3.05, 3.63) is 73.8 Å². The van der Waals surface area contributed by atoms with Crippen molar-refractivity contribution in [2.24, 2.45) is 0 Å². The molecule has 0 aliphatic carbocycles. The second-order valence-electron chi connectivity index (χ2n) is 5.58. The second kappa shape index (κ2) is 8.55. The molecule has 0 aliphatic rings. The number of non-ortho nitro benzene ring substituents is 1. The van der Waals surface area contributed by atoms with Crippen molar-refractivity contribution in [3.8, 4) is 5.75 Å². The fourth-order valence-corrected chi connectivity index (χ4v) is 4.15. The van der Waals surface area contributed by atoms with Crippen molar-refractivity contribution in [1.82, 2.24) is 20.2 Å². The molecule has 0 fully saturated rings. The van der Waals surface area contributed by atoms with Crippen LogP contribution in [-0.2, 0) is 11.9 Å². The molecule has 11 nitrogen and oxygen atoms in total. The number of nitrogens with zero attached hydrogens (tertiary/aromatic N) is 6. The van der Waals surface area contributed by atoms with Gasteiger partial charge in [-0.25, -0.2) is 0 Å². The average molecular weight is 449 g/mol. The first-order valence-electron chi connectivity index (χ1n) is 7.91. The maximum atomic E-state index is 11.3. The van der Waals surface area contributed by atoms with Gasteiger partial charge in [-0.2, -0.15) is 0 Å². The summed E-state index contributed by atoms with van der Waals surface area (Å²) in [6, 6.07) is 11.2. The van der Waals surface area contributed by atoms with Crippen LogP contribution < -0.4 is 9.46 Å². The third kappa shape index (κ3) is 4.48. The number of rotatable bonds is 8. The number of ether oxygens (including phenoxy) is 1. The molecule has 3 aromatic rings. The van der Waals surface area contributed by atoms with Gasteiger partial charge in [0.05, 0.1) is 0 Å². The SMILES string of the molecule is COc1ccc(C[Se]c2nnnn2Cc2ccc([N+](=O)[O-])cc2[N+](=O)[O-])cc1. The van der Waals surface area contributed by atoms with Gasteiger partial charge in [-0.15, -0.1) is 0 Å². The summed E-state index contributed by atoms with van der Waals surface area (Å²) in [5.74, 6) is 0.770. The summed E-state index contributed by atoms with van der Waals surface area (Å²) in [5, 5.41) is 34.5. The molecular formula is C16H14N6O5Se. The fraction of sp³-hybridized carbons (Fsp3) is 0.188. The van der Waals surface area contributed by atoms with E-state index in [1.165, 1.54) is 16.8 Å². The number of hydrogen-bond acceptors (Lipinski definition) is 8. The summed E-state index contributed by atoms with van der Waals surface area (Å²) in [6.45, 7) is 0.0566. The summed E-state index contributed by atoms with van der Waals surface area (Å²) < 4.78 is 7.24. The van der Waals surface area contributed by atoms with Crippen LogP contribution in [0.4, 0.5) is 11.4 Å². The molecule has 0 radical (unpaired) electrons. The molecule has 1 heterocycles. The Morgan fingerprint density at radius 1 is 1.11 bits per heavy atom. The molecule has 0 atom stereocenters. The molecule has 0 amide bonds.